The highest BCUT2D eigenvalue weighted by Gasteiger charge is 2.37. The number of aliphatic hydroxyl groups excluding tert-OH is 2. The van der Waals surface area contributed by atoms with Gasteiger partial charge in [0.25, 0.3) is 0 Å². The summed E-state index contributed by atoms with van der Waals surface area (Å²) in [4.78, 5) is 10.6. The van der Waals surface area contributed by atoms with Crippen LogP contribution in [-0.4, -0.2) is 39.8 Å². The number of carbonyl (C=O) groups excluding carboxylic acids is 1. The summed E-state index contributed by atoms with van der Waals surface area (Å²) in [6.07, 6.45) is -2.47. The first-order valence-electron chi connectivity index (χ1n) is 3.26. The van der Waals surface area contributed by atoms with Crippen molar-refractivity contribution in [2.75, 3.05) is 5.33 Å². The average molecular weight is 225 g/mol. The fraction of sp³-hybridized carbons (Fsp3) is 0.833. The van der Waals surface area contributed by atoms with Crippen molar-refractivity contribution < 1.29 is 19.7 Å². The van der Waals surface area contributed by atoms with Crippen LogP contribution in [0.25, 0.3) is 0 Å². The minimum Gasteiger partial charge on any atom is -0.457 e. The molecule has 1 fully saturated rings. The van der Waals surface area contributed by atoms with Crippen molar-refractivity contribution in [1.29, 1.82) is 0 Å². The zero-order valence-electron chi connectivity index (χ0n) is 5.74. The van der Waals surface area contributed by atoms with Gasteiger partial charge in [-0.25, -0.2) is 0 Å². The first-order valence-corrected chi connectivity index (χ1v) is 4.39. The van der Waals surface area contributed by atoms with Gasteiger partial charge in [0, 0.05) is 5.33 Å². The van der Waals surface area contributed by atoms with Gasteiger partial charge < -0.3 is 14.9 Å². The van der Waals surface area contributed by atoms with Crippen LogP contribution in [0.3, 0.4) is 0 Å². The van der Waals surface area contributed by atoms with Gasteiger partial charge in [0.1, 0.15) is 12.2 Å². The van der Waals surface area contributed by atoms with Crippen LogP contribution in [0, 0.1) is 0 Å². The van der Waals surface area contributed by atoms with Crippen LogP contribution >= 0.6 is 15.9 Å². The van der Waals surface area contributed by atoms with Crippen LogP contribution in [0.1, 0.15) is 6.42 Å². The summed E-state index contributed by atoms with van der Waals surface area (Å²) in [5.41, 5.74) is 0. The number of cyclic esters (lactones) is 1. The molecule has 2 N–H and O–H groups in total. The lowest BCUT2D eigenvalue weighted by Gasteiger charge is -2.16. The van der Waals surface area contributed by atoms with Crippen molar-refractivity contribution in [3.8, 4) is 0 Å². The van der Waals surface area contributed by atoms with E-state index < -0.39 is 24.3 Å². The Morgan fingerprint density at radius 1 is 1.82 bits per heavy atom. The zero-order valence-corrected chi connectivity index (χ0v) is 7.32. The highest BCUT2D eigenvalue weighted by atomic mass is 79.9. The van der Waals surface area contributed by atoms with Crippen LogP contribution in [0.2, 0.25) is 0 Å². The maximum atomic E-state index is 10.6. The Morgan fingerprint density at radius 2 is 2.45 bits per heavy atom. The molecule has 0 unspecified atom stereocenters. The maximum Gasteiger partial charge on any atom is 0.309 e. The molecule has 0 aliphatic carbocycles. The molecule has 0 amide bonds. The smallest absolute Gasteiger partial charge is 0.309 e. The summed E-state index contributed by atoms with van der Waals surface area (Å²) in [5, 5.41) is 18.6. The van der Waals surface area contributed by atoms with E-state index in [9.17, 15) is 4.79 Å². The summed E-state index contributed by atoms with van der Waals surface area (Å²) in [7, 11) is 0. The van der Waals surface area contributed by atoms with Crippen LogP contribution in [0.5, 0.6) is 0 Å². The fourth-order valence-electron chi connectivity index (χ4n) is 0.988. The second-order valence-electron chi connectivity index (χ2n) is 2.45. The van der Waals surface area contributed by atoms with Crippen molar-refractivity contribution in [2.45, 2.75) is 24.7 Å². The number of rotatable bonds is 2. The fourth-order valence-corrected chi connectivity index (χ4v) is 1.36. The Morgan fingerprint density at radius 3 is 2.82 bits per heavy atom. The van der Waals surface area contributed by atoms with Crippen LogP contribution < -0.4 is 0 Å². The van der Waals surface area contributed by atoms with Gasteiger partial charge in [-0.3, -0.25) is 4.79 Å². The van der Waals surface area contributed by atoms with E-state index in [1.54, 1.807) is 0 Å². The molecule has 1 heterocycles. The number of esters is 1. The molecule has 5 heteroatoms. The summed E-state index contributed by atoms with van der Waals surface area (Å²) in [6, 6.07) is 0. The van der Waals surface area contributed by atoms with E-state index in [4.69, 9.17) is 10.2 Å². The highest BCUT2D eigenvalue weighted by molar-refractivity contribution is 9.09. The first-order chi connectivity index (χ1) is 5.15. The SMILES string of the molecule is O=C1C[C@@H](O)[C@@H]([C@@H](O)CBr)O1. The first kappa shape index (κ1) is 8.96. The van der Waals surface area contributed by atoms with Crippen LogP contribution in [0.15, 0.2) is 0 Å². The van der Waals surface area contributed by atoms with E-state index in [0.29, 0.717) is 5.33 Å². The molecular formula is C6H9BrO4. The van der Waals surface area contributed by atoms with Gasteiger partial charge in [0.15, 0.2) is 6.10 Å². The molecule has 1 rings (SSSR count). The molecule has 0 radical (unpaired) electrons. The number of hydrogen-bond donors (Lipinski definition) is 2. The third kappa shape index (κ3) is 1.91. The van der Waals surface area contributed by atoms with E-state index in [1.807, 2.05) is 0 Å². The lowest BCUT2D eigenvalue weighted by molar-refractivity contribution is -0.145. The third-order valence-electron chi connectivity index (χ3n) is 1.56. The summed E-state index contributed by atoms with van der Waals surface area (Å²) in [6.45, 7) is 0. The largest absolute Gasteiger partial charge is 0.457 e. The molecule has 4 nitrogen and oxygen atoms in total. The molecule has 3 atom stereocenters. The van der Waals surface area contributed by atoms with Crippen LogP contribution in [-0.2, 0) is 9.53 Å². The Labute approximate surface area is 72.3 Å². The van der Waals surface area contributed by atoms with Gasteiger partial charge in [-0.1, -0.05) is 15.9 Å². The number of hydrogen-bond acceptors (Lipinski definition) is 4. The molecule has 0 aromatic heterocycles. The molecular weight excluding hydrogens is 216 g/mol. The minimum atomic E-state index is -0.866. The summed E-state index contributed by atoms with van der Waals surface area (Å²) >= 11 is 3.02. The summed E-state index contributed by atoms with van der Waals surface area (Å²) in [5.74, 6) is -0.456. The lowest BCUT2D eigenvalue weighted by atomic mass is 10.1. The lowest BCUT2D eigenvalue weighted by Crippen LogP contribution is -2.35. The van der Waals surface area contributed by atoms with E-state index in [0.717, 1.165) is 0 Å². The Balaban J connectivity index is 2.52. The number of ether oxygens (including phenoxy) is 1. The quantitative estimate of drug-likeness (QED) is 0.487. The maximum absolute atomic E-state index is 10.6. The monoisotopic (exact) mass is 224 g/mol. The van der Waals surface area contributed by atoms with Crippen LogP contribution in [0.4, 0.5) is 0 Å². The van der Waals surface area contributed by atoms with E-state index in [1.165, 1.54) is 0 Å². The molecule has 64 valence electrons. The van der Waals surface area contributed by atoms with Gasteiger partial charge >= 0.3 is 5.97 Å². The Hall–Kier alpha value is -0.130. The molecule has 0 aromatic carbocycles. The second-order valence-corrected chi connectivity index (χ2v) is 3.10. The number of halogens is 1. The summed E-state index contributed by atoms with van der Waals surface area (Å²) < 4.78 is 4.66. The van der Waals surface area contributed by atoms with E-state index >= 15 is 0 Å². The van der Waals surface area contributed by atoms with Crippen molar-refractivity contribution in [1.82, 2.24) is 0 Å². The van der Waals surface area contributed by atoms with Gasteiger partial charge in [0.2, 0.25) is 0 Å². The molecule has 1 saturated heterocycles. The number of carbonyl (C=O) groups is 1. The molecule has 0 saturated carbocycles. The normalized spacial score (nSPS) is 33.5. The Bertz CT molecular complexity index is 161. The zero-order chi connectivity index (χ0) is 8.43. The molecule has 0 bridgehead atoms. The van der Waals surface area contributed by atoms with E-state index in [2.05, 4.69) is 20.7 Å². The van der Waals surface area contributed by atoms with Crippen molar-refractivity contribution in [2.24, 2.45) is 0 Å². The standard InChI is InChI=1S/C6H9BrO4/c7-2-4(9)6-3(8)1-5(10)11-6/h3-4,6,8-9H,1-2H2/t3-,4+,6+/m1/s1. The van der Waals surface area contributed by atoms with Crippen molar-refractivity contribution >= 4 is 21.9 Å². The van der Waals surface area contributed by atoms with Crippen molar-refractivity contribution in [3.05, 3.63) is 0 Å². The predicted molar refractivity (Wildman–Crippen MR) is 40.3 cm³/mol. The molecule has 0 aromatic rings. The van der Waals surface area contributed by atoms with E-state index in [-0.39, 0.29) is 6.42 Å². The van der Waals surface area contributed by atoms with Gasteiger partial charge in [-0.05, 0) is 0 Å². The highest BCUT2D eigenvalue weighted by Crippen LogP contribution is 2.18. The third-order valence-corrected chi connectivity index (χ3v) is 2.22. The Kier molecular flexibility index (Phi) is 2.86. The van der Waals surface area contributed by atoms with Gasteiger partial charge in [-0.2, -0.15) is 0 Å². The average Bonchev–Trinajstić information content (AvgIpc) is 2.28. The van der Waals surface area contributed by atoms with Gasteiger partial charge in [0.05, 0.1) is 6.42 Å². The van der Waals surface area contributed by atoms with Crippen molar-refractivity contribution in [3.63, 3.8) is 0 Å². The number of alkyl halides is 1. The molecule has 0 spiro atoms. The molecule has 1 aliphatic heterocycles. The minimum absolute atomic E-state index is 0.0191. The molecule has 11 heavy (non-hydrogen) atoms. The van der Waals surface area contributed by atoms with Gasteiger partial charge in [-0.15, -0.1) is 0 Å². The predicted octanol–water partition coefficient (Wildman–Crippen LogP) is -0.581. The topological polar surface area (TPSA) is 66.8 Å². The number of aliphatic hydroxyl groups is 2. The molecule has 1 aliphatic rings. The second kappa shape index (κ2) is 3.51.